The summed E-state index contributed by atoms with van der Waals surface area (Å²) >= 11 is 0. The first-order chi connectivity index (χ1) is 13.1. The van der Waals surface area contributed by atoms with Crippen LogP contribution in [0.25, 0.3) is 0 Å². The molecule has 0 saturated carbocycles. The molecule has 5 heteroatoms. The zero-order valence-electron chi connectivity index (χ0n) is 15.8. The van der Waals surface area contributed by atoms with Crippen molar-refractivity contribution in [2.75, 3.05) is 32.8 Å². The Balaban J connectivity index is 1.39. The number of hydrogen-bond donors (Lipinski definition) is 0. The van der Waals surface area contributed by atoms with Crippen LogP contribution >= 0.6 is 0 Å². The topological polar surface area (TPSA) is 49.9 Å². The third kappa shape index (κ3) is 5.58. The Kier molecular flexibility index (Phi) is 6.47. The average molecular weight is 366 g/mol. The first-order valence-corrected chi connectivity index (χ1v) is 9.41. The summed E-state index contributed by atoms with van der Waals surface area (Å²) in [6.45, 7) is 4.34. The molecule has 1 aliphatic heterocycles. The minimum atomic E-state index is -0.0352. The average Bonchev–Trinajstić information content (AvgIpc) is 2.72. The van der Waals surface area contributed by atoms with Gasteiger partial charge < -0.3 is 14.5 Å². The molecule has 1 saturated heterocycles. The number of carbonyl (C=O) groups excluding carboxylic acids is 2. The standard InChI is InChI=1S/C22H26N2O3/c1-18-7-10-20(11-8-18)27-17-22(26)24-15-13-23(14-16-24)21(25)12-9-19-5-3-2-4-6-19/h2-8,10-11H,9,12-17H2,1H3. The number of amides is 2. The monoisotopic (exact) mass is 366 g/mol. The lowest BCUT2D eigenvalue weighted by molar-refractivity contribution is -0.140. The van der Waals surface area contributed by atoms with Gasteiger partial charge in [0.2, 0.25) is 5.91 Å². The second-order valence-corrected chi connectivity index (χ2v) is 6.85. The van der Waals surface area contributed by atoms with Gasteiger partial charge in [0.25, 0.3) is 5.91 Å². The predicted molar refractivity (Wildman–Crippen MR) is 105 cm³/mol. The first kappa shape index (κ1) is 19.0. The highest BCUT2D eigenvalue weighted by atomic mass is 16.5. The summed E-state index contributed by atoms with van der Waals surface area (Å²) in [7, 11) is 0. The number of benzene rings is 2. The van der Waals surface area contributed by atoms with E-state index in [1.807, 2.05) is 66.4 Å². The largest absolute Gasteiger partial charge is 0.484 e. The van der Waals surface area contributed by atoms with Crippen LogP contribution in [0.15, 0.2) is 54.6 Å². The zero-order valence-corrected chi connectivity index (χ0v) is 15.8. The van der Waals surface area contributed by atoms with Crippen molar-refractivity contribution in [3.05, 3.63) is 65.7 Å². The van der Waals surface area contributed by atoms with E-state index < -0.39 is 0 Å². The molecular weight excluding hydrogens is 340 g/mol. The fourth-order valence-electron chi connectivity index (χ4n) is 3.13. The van der Waals surface area contributed by atoms with Crippen LogP contribution in [0.2, 0.25) is 0 Å². The molecule has 0 aromatic heterocycles. The second-order valence-electron chi connectivity index (χ2n) is 6.85. The molecule has 0 bridgehead atoms. The maximum Gasteiger partial charge on any atom is 0.260 e. The Morgan fingerprint density at radius 2 is 1.44 bits per heavy atom. The summed E-state index contributed by atoms with van der Waals surface area (Å²) in [5.74, 6) is 0.817. The Hall–Kier alpha value is -2.82. The molecule has 0 N–H and O–H groups in total. The van der Waals surface area contributed by atoms with Crippen molar-refractivity contribution in [2.24, 2.45) is 0 Å². The van der Waals surface area contributed by atoms with Gasteiger partial charge in [0.05, 0.1) is 0 Å². The van der Waals surface area contributed by atoms with E-state index in [-0.39, 0.29) is 18.4 Å². The molecule has 27 heavy (non-hydrogen) atoms. The van der Waals surface area contributed by atoms with Crippen molar-refractivity contribution >= 4 is 11.8 Å². The highest BCUT2D eigenvalue weighted by Crippen LogP contribution is 2.12. The molecule has 3 rings (SSSR count). The lowest BCUT2D eigenvalue weighted by Gasteiger charge is -2.34. The third-order valence-electron chi connectivity index (χ3n) is 4.84. The third-order valence-corrected chi connectivity index (χ3v) is 4.84. The normalized spacial score (nSPS) is 14.1. The maximum absolute atomic E-state index is 12.4. The molecule has 1 aliphatic rings. The summed E-state index contributed by atoms with van der Waals surface area (Å²) in [6.07, 6.45) is 1.26. The summed E-state index contributed by atoms with van der Waals surface area (Å²) in [5, 5.41) is 0. The smallest absolute Gasteiger partial charge is 0.260 e. The summed E-state index contributed by atoms with van der Waals surface area (Å²) in [6, 6.07) is 17.7. The van der Waals surface area contributed by atoms with E-state index in [1.165, 1.54) is 5.56 Å². The minimum Gasteiger partial charge on any atom is -0.484 e. The second kappa shape index (κ2) is 9.21. The summed E-state index contributed by atoms with van der Waals surface area (Å²) in [4.78, 5) is 28.3. The van der Waals surface area contributed by atoms with Gasteiger partial charge in [0.15, 0.2) is 6.61 Å². The Morgan fingerprint density at radius 3 is 2.07 bits per heavy atom. The summed E-state index contributed by atoms with van der Waals surface area (Å²) in [5.41, 5.74) is 2.33. The van der Waals surface area contributed by atoms with Gasteiger partial charge in [0.1, 0.15) is 5.75 Å². The van der Waals surface area contributed by atoms with Gasteiger partial charge in [-0.25, -0.2) is 0 Å². The SMILES string of the molecule is Cc1ccc(OCC(=O)N2CCN(C(=O)CCc3ccccc3)CC2)cc1. The predicted octanol–water partition coefficient (Wildman–Crippen LogP) is 2.68. The molecule has 1 fully saturated rings. The van der Waals surface area contributed by atoms with Gasteiger partial charge in [-0.3, -0.25) is 9.59 Å². The number of ether oxygens (including phenoxy) is 1. The van der Waals surface area contributed by atoms with Gasteiger partial charge >= 0.3 is 0 Å². The maximum atomic E-state index is 12.4. The number of rotatable bonds is 6. The lowest BCUT2D eigenvalue weighted by atomic mass is 10.1. The zero-order chi connectivity index (χ0) is 19.1. The molecule has 0 aliphatic carbocycles. The molecule has 0 unspecified atom stereocenters. The number of nitrogens with zero attached hydrogens (tertiary/aromatic N) is 2. The highest BCUT2D eigenvalue weighted by Gasteiger charge is 2.24. The molecule has 142 valence electrons. The van der Waals surface area contributed by atoms with Crippen LogP contribution in [0.4, 0.5) is 0 Å². The molecule has 2 aromatic carbocycles. The van der Waals surface area contributed by atoms with E-state index in [0.29, 0.717) is 38.3 Å². The first-order valence-electron chi connectivity index (χ1n) is 9.41. The fraction of sp³-hybridized carbons (Fsp3) is 0.364. The van der Waals surface area contributed by atoms with Crippen LogP contribution < -0.4 is 4.74 Å². The van der Waals surface area contributed by atoms with Gasteiger partial charge in [-0.2, -0.15) is 0 Å². The number of hydrogen-bond acceptors (Lipinski definition) is 3. The van der Waals surface area contributed by atoms with E-state index in [1.54, 1.807) is 4.90 Å². The lowest BCUT2D eigenvalue weighted by Crippen LogP contribution is -2.51. The van der Waals surface area contributed by atoms with Crippen molar-refractivity contribution in [1.82, 2.24) is 9.80 Å². The minimum absolute atomic E-state index is 0.0328. The molecular formula is C22H26N2O3. The van der Waals surface area contributed by atoms with Crippen molar-refractivity contribution in [2.45, 2.75) is 19.8 Å². The van der Waals surface area contributed by atoms with Crippen LogP contribution in [0, 0.1) is 6.92 Å². The number of piperazine rings is 1. The summed E-state index contributed by atoms with van der Waals surface area (Å²) < 4.78 is 5.57. The van der Waals surface area contributed by atoms with Crippen LogP contribution in [-0.2, 0) is 16.0 Å². The van der Waals surface area contributed by atoms with Gasteiger partial charge in [-0.1, -0.05) is 48.0 Å². The highest BCUT2D eigenvalue weighted by molar-refractivity contribution is 5.79. The quantitative estimate of drug-likeness (QED) is 0.790. The van der Waals surface area contributed by atoms with Crippen molar-refractivity contribution in [1.29, 1.82) is 0 Å². The molecule has 0 atom stereocenters. The van der Waals surface area contributed by atoms with E-state index >= 15 is 0 Å². The van der Waals surface area contributed by atoms with E-state index in [2.05, 4.69) is 0 Å². The van der Waals surface area contributed by atoms with Gasteiger partial charge in [-0.15, -0.1) is 0 Å². The van der Waals surface area contributed by atoms with Crippen LogP contribution in [0.1, 0.15) is 17.5 Å². The molecule has 1 heterocycles. The Labute approximate surface area is 160 Å². The van der Waals surface area contributed by atoms with Gasteiger partial charge in [0, 0.05) is 32.6 Å². The Bertz CT molecular complexity index is 751. The molecule has 0 radical (unpaired) electrons. The Morgan fingerprint density at radius 1 is 0.852 bits per heavy atom. The van der Waals surface area contributed by atoms with Crippen LogP contribution in [0.3, 0.4) is 0 Å². The molecule has 2 amide bonds. The molecule has 0 spiro atoms. The van der Waals surface area contributed by atoms with Crippen molar-refractivity contribution in [3.63, 3.8) is 0 Å². The van der Waals surface area contributed by atoms with E-state index in [0.717, 1.165) is 12.0 Å². The van der Waals surface area contributed by atoms with Crippen LogP contribution in [0.5, 0.6) is 5.75 Å². The van der Waals surface area contributed by atoms with E-state index in [4.69, 9.17) is 4.74 Å². The van der Waals surface area contributed by atoms with Gasteiger partial charge in [-0.05, 0) is 31.0 Å². The van der Waals surface area contributed by atoms with E-state index in [9.17, 15) is 9.59 Å². The van der Waals surface area contributed by atoms with Crippen molar-refractivity contribution < 1.29 is 14.3 Å². The molecule has 2 aromatic rings. The van der Waals surface area contributed by atoms with Crippen LogP contribution in [-0.4, -0.2) is 54.4 Å². The fourth-order valence-corrected chi connectivity index (χ4v) is 3.13. The van der Waals surface area contributed by atoms with Crippen molar-refractivity contribution in [3.8, 4) is 5.75 Å². The number of aryl methyl sites for hydroxylation is 2. The molecule has 5 nitrogen and oxygen atoms in total. The number of carbonyl (C=O) groups is 2.